The molecule has 0 saturated carbocycles. The summed E-state index contributed by atoms with van der Waals surface area (Å²) >= 11 is 14.2. The smallest absolute Gasteiger partial charge is 0.544 e. The summed E-state index contributed by atoms with van der Waals surface area (Å²) in [5, 5.41) is 22.0. The Morgan fingerprint density at radius 1 is 0.852 bits per heavy atom. The molecule has 4 rings (SSSR count). The van der Waals surface area contributed by atoms with Crippen LogP contribution in [-0.2, 0) is 0 Å². The van der Waals surface area contributed by atoms with Gasteiger partial charge in [-0.1, -0.05) is 35.3 Å². The average Bonchev–Trinajstić information content (AvgIpc) is 3.21. The Balaban J connectivity index is 0.000000187. The number of carboxylic acid groups (broad SMARTS) is 2. The van der Waals surface area contributed by atoms with Crippen LogP contribution >= 0.6 is 45.9 Å². The van der Waals surface area contributed by atoms with Gasteiger partial charge in [0.1, 0.15) is 4.88 Å². The minimum absolute atomic E-state index is 0. The van der Waals surface area contributed by atoms with E-state index in [2.05, 4.69) is 0 Å². The zero-order chi connectivity index (χ0) is 18.8. The number of carboxylic acids is 2. The first kappa shape index (κ1) is 22.2. The Kier molecular flexibility index (Phi) is 7.71. The van der Waals surface area contributed by atoms with Crippen LogP contribution in [0.2, 0.25) is 10.0 Å². The summed E-state index contributed by atoms with van der Waals surface area (Å²) in [4.78, 5) is 21.7. The number of thiophene rings is 2. The molecule has 2 heterocycles. The molecule has 0 aliphatic rings. The molecule has 0 spiro atoms. The summed E-state index contributed by atoms with van der Waals surface area (Å²) in [5.74, 6) is -2.06. The van der Waals surface area contributed by atoms with Gasteiger partial charge in [-0.15, -0.1) is 22.7 Å². The van der Waals surface area contributed by atoms with Crippen molar-refractivity contribution < 1.29 is 49.4 Å². The van der Waals surface area contributed by atoms with Crippen molar-refractivity contribution in [1.29, 1.82) is 0 Å². The van der Waals surface area contributed by atoms with Gasteiger partial charge in [0.05, 0.1) is 10.8 Å². The van der Waals surface area contributed by atoms with Crippen LogP contribution < -0.4 is 34.7 Å². The van der Waals surface area contributed by atoms with Gasteiger partial charge in [0.25, 0.3) is 0 Å². The van der Waals surface area contributed by atoms with E-state index in [1.807, 2.05) is 18.2 Å². The van der Waals surface area contributed by atoms with E-state index in [0.29, 0.717) is 14.9 Å². The molecule has 27 heavy (non-hydrogen) atoms. The van der Waals surface area contributed by atoms with Crippen molar-refractivity contribution in [2.45, 2.75) is 0 Å². The molecule has 0 radical (unpaired) electrons. The molecule has 0 aliphatic carbocycles. The third-order valence-corrected chi connectivity index (χ3v) is 6.26. The molecule has 1 N–H and O–H groups in total. The standard InChI is InChI=1S/2C9H5ClO2S.Na/c2*10-6-2-1-3-7-5(6)4-8(13-7)9(11)12;/h2*1-4H,(H,11,12);/q;;+1/p-1. The molecule has 0 fully saturated rings. The van der Waals surface area contributed by atoms with Crippen LogP contribution in [-0.4, -0.2) is 17.0 Å². The maximum atomic E-state index is 10.6. The van der Waals surface area contributed by atoms with Gasteiger partial charge in [-0.3, -0.25) is 0 Å². The molecule has 0 amide bonds. The quantitative estimate of drug-likeness (QED) is 0.478. The molecule has 132 valence electrons. The number of fused-ring (bicyclic) bond motifs is 2. The minimum Gasteiger partial charge on any atom is -0.544 e. The third-order valence-electron chi connectivity index (χ3n) is 3.43. The summed E-state index contributed by atoms with van der Waals surface area (Å²) in [7, 11) is 0. The van der Waals surface area contributed by atoms with Gasteiger partial charge in [0.2, 0.25) is 0 Å². The monoisotopic (exact) mass is 446 g/mol. The molecule has 9 heteroatoms. The first-order chi connectivity index (χ1) is 12.4. The van der Waals surface area contributed by atoms with Gasteiger partial charge in [-0.05, 0) is 36.4 Å². The van der Waals surface area contributed by atoms with E-state index in [1.54, 1.807) is 24.3 Å². The van der Waals surface area contributed by atoms with Crippen LogP contribution in [0.15, 0.2) is 48.5 Å². The molecular formula is C18H9Cl2NaO4S2. The number of aromatic carboxylic acids is 2. The Bertz CT molecular complexity index is 1050. The van der Waals surface area contributed by atoms with Gasteiger partial charge in [-0.2, -0.15) is 0 Å². The van der Waals surface area contributed by atoms with E-state index in [-0.39, 0.29) is 34.4 Å². The second-order valence-electron chi connectivity index (χ2n) is 5.12. The molecule has 0 bridgehead atoms. The fraction of sp³-hybridized carbons (Fsp3) is 0. The predicted molar refractivity (Wildman–Crippen MR) is 105 cm³/mol. The van der Waals surface area contributed by atoms with Gasteiger partial charge >= 0.3 is 35.5 Å². The summed E-state index contributed by atoms with van der Waals surface area (Å²) in [5.41, 5.74) is 0. The van der Waals surface area contributed by atoms with Crippen molar-refractivity contribution in [3.8, 4) is 0 Å². The van der Waals surface area contributed by atoms with Crippen molar-refractivity contribution in [3.05, 3.63) is 68.3 Å². The Labute approximate surface area is 194 Å². The first-order valence-corrected chi connectivity index (χ1v) is 9.56. The largest absolute Gasteiger partial charge is 1.00 e. The maximum Gasteiger partial charge on any atom is 1.00 e. The fourth-order valence-electron chi connectivity index (χ4n) is 2.26. The van der Waals surface area contributed by atoms with Gasteiger partial charge < -0.3 is 15.0 Å². The van der Waals surface area contributed by atoms with Crippen LogP contribution in [0, 0.1) is 0 Å². The second kappa shape index (κ2) is 9.39. The number of halogens is 2. The van der Waals surface area contributed by atoms with E-state index in [0.717, 1.165) is 20.2 Å². The predicted octanol–water partition coefficient (Wildman–Crippen LogP) is 2.18. The molecule has 2 aromatic heterocycles. The molecule has 0 aliphatic heterocycles. The number of hydrogen-bond acceptors (Lipinski definition) is 5. The number of hydrogen-bond donors (Lipinski definition) is 1. The van der Waals surface area contributed by atoms with E-state index in [9.17, 15) is 14.7 Å². The Morgan fingerprint density at radius 3 is 1.70 bits per heavy atom. The van der Waals surface area contributed by atoms with Crippen LogP contribution in [0.25, 0.3) is 20.2 Å². The van der Waals surface area contributed by atoms with Crippen molar-refractivity contribution in [1.82, 2.24) is 0 Å². The molecule has 2 aromatic carbocycles. The summed E-state index contributed by atoms with van der Waals surface area (Å²) < 4.78 is 1.77. The molecule has 0 saturated heterocycles. The van der Waals surface area contributed by atoms with E-state index < -0.39 is 11.9 Å². The van der Waals surface area contributed by atoms with Crippen molar-refractivity contribution in [3.63, 3.8) is 0 Å². The molecule has 4 nitrogen and oxygen atoms in total. The Morgan fingerprint density at radius 2 is 1.30 bits per heavy atom. The van der Waals surface area contributed by atoms with Gasteiger partial charge in [-0.25, -0.2) is 4.79 Å². The minimum atomic E-state index is -1.16. The zero-order valence-electron chi connectivity index (χ0n) is 13.9. The van der Waals surface area contributed by atoms with Gasteiger partial charge in [0.15, 0.2) is 0 Å². The Hall–Kier alpha value is -1.12. The topological polar surface area (TPSA) is 77.4 Å². The molecule has 4 aromatic rings. The third kappa shape index (κ3) is 5.03. The maximum absolute atomic E-state index is 10.6. The van der Waals surface area contributed by atoms with Crippen LogP contribution in [0.5, 0.6) is 0 Å². The number of carbonyl (C=O) groups is 2. The molecule has 0 unspecified atom stereocenters. The fourth-order valence-corrected chi connectivity index (χ4v) is 4.68. The SMILES string of the molecule is O=C(O)c1cc2c(Cl)cccc2s1.O=C([O-])c1cc2c(Cl)cccc2s1.[Na+]. The summed E-state index contributed by atoms with van der Waals surface area (Å²) in [6.45, 7) is 0. The number of benzene rings is 2. The first-order valence-electron chi connectivity index (χ1n) is 7.17. The normalized spacial score (nSPS) is 10.1. The number of carbonyl (C=O) groups excluding carboxylic acids is 1. The van der Waals surface area contributed by atoms with E-state index >= 15 is 0 Å². The summed E-state index contributed by atoms with van der Waals surface area (Å²) in [6, 6.07) is 13.9. The summed E-state index contributed by atoms with van der Waals surface area (Å²) in [6.07, 6.45) is 0. The van der Waals surface area contributed by atoms with Crippen LogP contribution in [0.1, 0.15) is 19.3 Å². The molecule has 0 atom stereocenters. The number of rotatable bonds is 2. The van der Waals surface area contributed by atoms with E-state index in [4.69, 9.17) is 28.3 Å². The van der Waals surface area contributed by atoms with E-state index in [1.165, 1.54) is 28.7 Å². The van der Waals surface area contributed by atoms with Crippen molar-refractivity contribution in [2.75, 3.05) is 0 Å². The van der Waals surface area contributed by atoms with Crippen molar-refractivity contribution in [2.24, 2.45) is 0 Å². The second-order valence-corrected chi connectivity index (χ2v) is 8.10. The van der Waals surface area contributed by atoms with Gasteiger partial charge in [0, 0.05) is 30.2 Å². The van der Waals surface area contributed by atoms with Crippen molar-refractivity contribution >= 4 is 78.0 Å². The van der Waals surface area contributed by atoms with Crippen LogP contribution in [0.4, 0.5) is 0 Å². The molecular weight excluding hydrogens is 438 g/mol. The zero-order valence-corrected chi connectivity index (χ0v) is 19.0. The van der Waals surface area contributed by atoms with Crippen LogP contribution in [0.3, 0.4) is 0 Å². The average molecular weight is 447 g/mol.